The smallest absolute Gasteiger partial charge is 0.229 e. The van der Waals surface area contributed by atoms with Crippen LogP contribution in [0.25, 0.3) is 0 Å². The molecule has 1 aliphatic carbocycles. The molecule has 8 nitrogen and oxygen atoms in total. The molecule has 2 heterocycles. The van der Waals surface area contributed by atoms with Crippen LogP contribution in [0.4, 0.5) is 0 Å². The predicted molar refractivity (Wildman–Crippen MR) is 224 cm³/mol. The third kappa shape index (κ3) is 9.44. The number of likely N-dealkylation sites (tertiary alicyclic amines) is 1. The van der Waals surface area contributed by atoms with Crippen LogP contribution in [-0.2, 0) is 24.0 Å². The highest BCUT2D eigenvalue weighted by atomic mass is 35.5. The van der Waals surface area contributed by atoms with Crippen molar-refractivity contribution in [1.82, 2.24) is 14.1 Å². The second-order valence-corrected chi connectivity index (χ2v) is 25.7. The van der Waals surface area contributed by atoms with E-state index in [0.29, 0.717) is 85.0 Å². The molecule has 302 valence electrons. The van der Waals surface area contributed by atoms with E-state index in [1.807, 2.05) is 42.5 Å². The first-order valence-electron chi connectivity index (χ1n) is 20.3. The molecule has 3 aliphatic rings. The normalized spacial score (nSPS) is 24.0. The molecule has 2 aromatic carbocycles. The fourth-order valence-corrected chi connectivity index (χ4v) is 17.2. The van der Waals surface area contributed by atoms with Gasteiger partial charge in [-0.15, -0.1) is 0 Å². The van der Waals surface area contributed by atoms with Crippen LogP contribution in [0.5, 0.6) is 0 Å². The number of carbonyl (C=O) groups is 1. The first-order valence-corrected chi connectivity index (χ1v) is 24.7. The molecule has 0 aromatic heterocycles. The second-order valence-electron chi connectivity index (χ2n) is 17.1. The van der Waals surface area contributed by atoms with Gasteiger partial charge in [-0.25, -0.2) is 12.7 Å². The minimum atomic E-state index is -3.47. The summed E-state index contributed by atoms with van der Waals surface area (Å²) in [6, 6.07) is 15.2. The highest BCUT2D eigenvalue weighted by Crippen LogP contribution is 2.54. The van der Waals surface area contributed by atoms with Crippen molar-refractivity contribution in [3.05, 3.63) is 69.7 Å². The Morgan fingerprint density at radius 1 is 0.926 bits per heavy atom. The summed E-state index contributed by atoms with van der Waals surface area (Å²) in [7, 11) is -4.01. The molecule has 2 aliphatic heterocycles. The molecular formula is C42H65Cl2N3O5SSi. The summed E-state index contributed by atoms with van der Waals surface area (Å²) in [5, 5.41) is 0.941. The van der Waals surface area contributed by atoms with Crippen molar-refractivity contribution in [2.75, 3.05) is 53.0 Å². The van der Waals surface area contributed by atoms with Gasteiger partial charge in [0.05, 0.1) is 29.9 Å². The molecule has 5 rings (SSSR count). The zero-order valence-corrected chi connectivity index (χ0v) is 37.2. The van der Waals surface area contributed by atoms with Crippen LogP contribution in [0.1, 0.15) is 110 Å². The van der Waals surface area contributed by atoms with Crippen molar-refractivity contribution in [1.29, 1.82) is 0 Å². The van der Waals surface area contributed by atoms with Gasteiger partial charge in [-0.2, -0.15) is 0 Å². The van der Waals surface area contributed by atoms with Crippen LogP contribution in [0.2, 0.25) is 26.7 Å². The number of amides is 1. The van der Waals surface area contributed by atoms with Gasteiger partial charge < -0.3 is 14.1 Å². The molecule has 54 heavy (non-hydrogen) atoms. The van der Waals surface area contributed by atoms with E-state index in [0.717, 1.165) is 30.8 Å². The maximum absolute atomic E-state index is 16.0. The monoisotopic (exact) mass is 821 g/mol. The number of nitrogens with zero attached hydrogens (tertiary/aromatic N) is 3. The Kier molecular flexibility index (Phi) is 14.9. The highest BCUT2D eigenvalue weighted by molar-refractivity contribution is 7.90. The molecule has 1 unspecified atom stereocenters. The molecule has 1 amide bonds. The Balaban J connectivity index is 1.66. The zero-order valence-electron chi connectivity index (χ0n) is 33.9. The van der Waals surface area contributed by atoms with Crippen LogP contribution in [0.15, 0.2) is 48.5 Å². The zero-order chi connectivity index (χ0) is 39.4. The molecule has 0 bridgehead atoms. The molecule has 0 radical (unpaired) electrons. The Bertz CT molecular complexity index is 1630. The summed E-state index contributed by atoms with van der Waals surface area (Å²) in [4.78, 5) is 20.5. The number of hydrogen-bond donors (Lipinski definition) is 0. The molecular weight excluding hydrogens is 758 g/mol. The van der Waals surface area contributed by atoms with Crippen LogP contribution >= 0.6 is 23.2 Å². The second kappa shape index (κ2) is 18.4. The van der Waals surface area contributed by atoms with Crippen LogP contribution in [-0.4, -0.2) is 101 Å². The van der Waals surface area contributed by atoms with Crippen molar-refractivity contribution < 1.29 is 22.4 Å². The number of sulfonamides is 1. The van der Waals surface area contributed by atoms with Crippen LogP contribution in [0.3, 0.4) is 0 Å². The van der Waals surface area contributed by atoms with E-state index >= 15 is 4.79 Å². The lowest BCUT2D eigenvalue weighted by molar-refractivity contribution is -0.158. The minimum Gasteiger partial charge on any atom is -0.416 e. The van der Waals surface area contributed by atoms with Crippen LogP contribution < -0.4 is 0 Å². The van der Waals surface area contributed by atoms with Crippen molar-refractivity contribution in [2.24, 2.45) is 5.41 Å². The largest absolute Gasteiger partial charge is 0.416 e. The first kappa shape index (κ1) is 43.6. The van der Waals surface area contributed by atoms with Gasteiger partial charge in [-0.05, 0) is 97.1 Å². The summed E-state index contributed by atoms with van der Waals surface area (Å²) in [6.07, 6.45) is 3.86. The number of morpholine rings is 1. The molecule has 3 fully saturated rings. The Morgan fingerprint density at radius 2 is 1.56 bits per heavy atom. The molecule has 2 aromatic rings. The molecule has 0 N–H and O–H groups in total. The maximum Gasteiger partial charge on any atom is 0.229 e. The van der Waals surface area contributed by atoms with Gasteiger partial charge in [0.25, 0.3) is 0 Å². The van der Waals surface area contributed by atoms with Gasteiger partial charge in [0.1, 0.15) is 0 Å². The van der Waals surface area contributed by atoms with Gasteiger partial charge in [0, 0.05) is 55.3 Å². The third-order valence-corrected chi connectivity index (χ3v) is 21.8. The topological polar surface area (TPSA) is 79.4 Å². The van der Waals surface area contributed by atoms with Crippen molar-refractivity contribution >= 4 is 47.4 Å². The van der Waals surface area contributed by atoms with Gasteiger partial charge in [-0.3, -0.25) is 9.69 Å². The summed E-state index contributed by atoms with van der Waals surface area (Å²) in [5.74, 6) is -0.0264. The standard InChI is InChI=1S/C42H65Cl2N3O5SSi/c1-9-37(29-45(8)53(49,50)38-17-18-38)47-40(33-13-15-35(43)16-14-33)39(34-11-10-12-36(44)27-34)28-42(41(47)48,19-21-46-22-25-51-26-23-46)20-24-52-54(30(2)3,31(4)5)32(6)7/h10-16,27,30-32,37-40H,9,17-26,28-29H2,1-8H3/t37-,39?,40+,42-/m0/s1. The number of benzene rings is 2. The average Bonchev–Trinajstić information content (AvgIpc) is 4.00. The number of carbonyl (C=O) groups excluding carboxylic acids is 1. The number of likely N-dealkylation sites (N-methyl/N-ethyl adjacent to an activating group) is 1. The fraction of sp³-hybridized carbons (Fsp3) is 0.690. The summed E-state index contributed by atoms with van der Waals surface area (Å²) >= 11 is 13.2. The number of halogens is 2. The Morgan fingerprint density at radius 3 is 2.11 bits per heavy atom. The van der Waals surface area contributed by atoms with E-state index in [1.54, 1.807) is 7.05 Å². The summed E-state index contributed by atoms with van der Waals surface area (Å²) in [6.45, 7) is 20.4. The van der Waals surface area contributed by atoms with Gasteiger partial charge >= 0.3 is 0 Å². The van der Waals surface area contributed by atoms with Gasteiger partial charge in [0.2, 0.25) is 15.9 Å². The van der Waals surface area contributed by atoms with Crippen molar-refractivity contribution in [3.8, 4) is 0 Å². The van der Waals surface area contributed by atoms with Gasteiger partial charge in [0.15, 0.2) is 8.32 Å². The number of hydrogen-bond acceptors (Lipinski definition) is 6. The minimum absolute atomic E-state index is 0.0903. The van der Waals surface area contributed by atoms with Gasteiger partial charge in [-0.1, -0.05) is 95.9 Å². The lowest BCUT2D eigenvalue weighted by Crippen LogP contribution is -2.59. The number of ether oxygens (including phenoxy) is 1. The third-order valence-electron chi connectivity index (χ3n) is 12.8. The Labute approximate surface area is 337 Å². The molecule has 2 saturated heterocycles. The lowest BCUT2D eigenvalue weighted by Gasteiger charge is -2.54. The lowest BCUT2D eigenvalue weighted by atomic mass is 9.64. The average molecular weight is 823 g/mol. The van der Waals surface area contributed by atoms with E-state index in [1.165, 1.54) is 4.31 Å². The molecule has 0 spiro atoms. The quantitative estimate of drug-likeness (QED) is 0.140. The predicted octanol–water partition coefficient (Wildman–Crippen LogP) is 9.54. The number of piperidine rings is 1. The summed E-state index contributed by atoms with van der Waals surface area (Å²) < 4.78 is 41.6. The molecule has 12 heteroatoms. The first-order chi connectivity index (χ1) is 25.6. The maximum atomic E-state index is 16.0. The summed E-state index contributed by atoms with van der Waals surface area (Å²) in [5.41, 5.74) is 2.54. The number of rotatable bonds is 18. The van der Waals surface area contributed by atoms with Crippen molar-refractivity contribution in [2.45, 2.75) is 127 Å². The Hall–Kier alpha value is -1.50. The van der Waals surface area contributed by atoms with E-state index in [4.69, 9.17) is 32.4 Å². The highest BCUT2D eigenvalue weighted by Gasteiger charge is 2.55. The van der Waals surface area contributed by atoms with E-state index in [9.17, 15) is 8.42 Å². The van der Waals surface area contributed by atoms with E-state index < -0.39 is 23.8 Å². The molecule has 1 saturated carbocycles. The fourth-order valence-electron chi connectivity index (χ4n) is 9.80. The van der Waals surface area contributed by atoms with Crippen LogP contribution in [0, 0.1) is 5.41 Å². The molecule has 4 atom stereocenters. The van der Waals surface area contributed by atoms with E-state index in [2.05, 4.69) is 64.3 Å². The van der Waals surface area contributed by atoms with Crippen molar-refractivity contribution in [3.63, 3.8) is 0 Å². The van der Waals surface area contributed by atoms with E-state index in [-0.39, 0.29) is 35.7 Å². The SMILES string of the molecule is CC[C@@H](CN(C)S(=O)(=O)C1CC1)N1C(=O)[C@](CCO[Si](C(C)C)(C(C)C)C(C)C)(CCN2CCOCC2)CC(c2cccc(Cl)c2)[C@H]1c1ccc(Cl)cc1.